The molecule has 144 valence electrons. The molecule has 0 spiro atoms. The Morgan fingerprint density at radius 1 is 1.00 bits per heavy atom. The lowest BCUT2D eigenvalue weighted by molar-refractivity contribution is -0.113. The Hall–Kier alpha value is -3.16. The molecule has 0 radical (unpaired) electrons. The molecule has 29 heavy (non-hydrogen) atoms. The fourth-order valence-corrected chi connectivity index (χ4v) is 3.59. The number of thioether (sulfide) groups is 1. The van der Waals surface area contributed by atoms with Gasteiger partial charge in [-0.05, 0) is 48.5 Å². The van der Waals surface area contributed by atoms with Gasteiger partial charge in [0.05, 0.1) is 5.75 Å². The van der Waals surface area contributed by atoms with Crippen LogP contribution < -0.4 is 5.32 Å². The van der Waals surface area contributed by atoms with E-state index in [2.05, 4.69) is 20.5 Å². The van der Waals surface area contributed by atoms with Crippen LogP contribution in [0.25, 0.3) is 17.1 Å². The zero-order valence-corrected chi connectivity index (χ0v) is 16.8. The summed E-state index contributed by atoms with van der Waals surface area (Å²) in [5, 5.41) is 12.7. The summed E-state index contributed by atoms with van der Waals surface area (Å²) in [5.41, 5.74) is 2.46. The van der Waals surface area contributed by atoms with Crippen molar-refractivity contribution in [2.24, 2.45) is 0 Å². The van der Waals surface area contributed by atoms with E-state index >= 15 is 0 Å². The minimum Gasteiger partial charge on any atom is -0.325 e. The predicted molar refractivity (Wildman–Crippen MR) is 115 cm³/mol. The third-order valence-corrected chi connectivity index (χ3v) is 5.21. The zero-order valence-electron chi connectivity index (χ0n) is 15.2. The highest BCUT2D eigenvalue weighted by Gasteiger charge is 2.17. The molecule has 0 fully saturated rings. The number of carbonyl (C=O) groups is 1. The van der Waals surface area contributed by atoms with Crippen LogP contribution in [0.15, 0.2) is 84.3 Å². The lowest BCUT2D eigenvalue weighted by atomic mass is 10.2. The summed E-state index contributed by atoms with van der Waals surface area (Å²) in [6, 6.07) is 20.6. The molecule has 0 unspecified atom stereocenters. The fraction of sp³-hybridized carbons (Fsp3) is 0.0476. The molecule has 6 nitrogen and oxygen atoms in total. The monoisotopic (exact) mass is 421 g/mol. The maximum Gasteiger partial charge on any atom is 0.234 e. The van der Waals surface area contributed by atoms with E-state index < -0.39 is 0 Å². The third-order valence-electron chi connectivity index (χ3n) is 4.03. The van der Waals surface area contributed by atoms with Gasteiger partial charge < -0.3 is 5.32 Å². The summed E-state index contributed by atoms with van der Waals surface area (Å²) in [5.74, 6) is 0.730. The Balaban J connectivity index is 1.56. The Kier molecular flexibility index (Phi) is 5.88. The first-order valence-corrected chi connectivity index (χ1v) is 10.2. The van der Waals surface area contributed by atoms with Gasteiger partial charge in [0.1, 0.15) is 0 Å². The molecule has 0 bridgehead atoms. The molecule has 0 saturated heterocycles. The summed E-state index contributed by atoms with van der Waals surface area (Å²) in [6.07, 6.45) is 3.45. The van der Waals surface area contributed by atoms with Crippen molar-refractivity contribution in [2.75, 3.05) is 11.1 Å². The van der Waals surface area contributed by atoms with E-state index in [9.17, 15) is 4.79 Å². The molecule has 1 amide bonds. The van der Waals surface area contributed by atoms with Gasteiger partial charge in [0.25, 0.3) is 0 Å². The van der Waals surface area contributed by atoms with Crippen molar-refractivity contribution in [2.45, 2.75) is 5.16 Å². The van der Waals surface area contributed by atoms with Gasteiger partial charge in [-0.1, -0.05) is 41.6 Å². The number of rotatable bonds is 6. The number of aromatic nitrogens is 4. The molecule has 8 heteroatoms. The van der Waals surface area contributed by atoms with Crippen LogP contribution in [0.3, 0.4) is 0 Å². The van der Waals surface area contributed by atoms with E-state index in [1.165, 1.54) is 11.8 Å². The molecule has 4 aromatic rings. The summed E-state index contributed by atoms with van der Waals surface area (Å²) >= 11 is 7.20. The van der Waals surface area contributed by atoms with Crippen molar-refractivity contribution in [3.63, 3.8) is 0 Å². The number of hydrogen-bond donors (Lipinski definition) is 1. The van der Waals surface area contributed by atoms with Crippen LogP contribution in [0.1, 0.15) is 0 Å². The number of carbonyl (C=O) groups excluding carboxylic acids is 1. The number of nitrogens with one attached hydrogen (secondary N) is 1. The fourth-order valence-electron chi connectivity index (χ4n) is 2.72. The zero-order chi connectivity index (χ0) is 20.1. The number of anilines is 1. The second-order valence-electron chi connectivity index (χ2n) is 6.06. The first-order valence-electron chi connectivity index (χ1n) is 8.80. The number of halogens is 1. The third kappa shape index (κ3) is 4.64. The van der Waals surface area contributed by atoms with Crippen LogP contribution in [-0.2, 0) is 4.79 Å². The highest BCUT2D eigenvalue weighted by atomic mass is 35.5. The van der Waals surface area contributed by atoms with Crippen molar-refractivity contribution in [1.29, 1.82) is 0 Å². The van der Waals surface area contributed by atoms with Crippen LogP contribution in [0.5, 0.6) is 0 Å². The van der Waals surface area contributed by atoms with Gasteiger partial charge in [0, 0.05) is 34.4 Å². The quantitative estimate of drug-likeness (QED) is 0.456. The van der Waals surface area contributed by atoms with Gasteiger partial charge in [-0.25, -0.2) is 0 Å². The Morgan fingerprint density at radius 2 is 1.79 bits per heavy atom. The highest BCUT2D eigenvalue weighted by molar-refractivity contribution is 7.99. The maximum absolute atomic E-state index is 12.4. The van der Waals surface area contributed by atoms with Crippen molar-refractivity contribution < 1.29 is 4.79 Å². The first kappa shape index (κ1) is 19.2. The van der Waals surface area contributed by atoms with Gasteiger partial charge in [0.15, 0.2) is 11.0 Å². The van der Waals surface area contributed by atoms with E-state index in [4.69, 9.17) is 11.6 Å². The lowest BCUT2D eigenvalue weighted by Gasteiger charge is -2.10. The van der Waals surface area contributed by atoms with Crippen molar-refractivity contribution >= 4 is 35.0 Å². The number of amides is 1. The topological polar surface area (TPSA) is 72.7 Å². The SMILES string of the molecule is O=C(CSc1nnc(-c2cccnc2)n1-c1ccccc1)Nc1ccc(Cl)cc1. The number of nitrogens with zero attached hydrogens (tertiary/aromatic N) is 4. The molecule has 0 saturated carbocycles. The van der Waals surface area contributed by atoms with E-state index in [0.717, 1.165) is 11.3 Å². The number of para-hydroxylation sites is 1. The van der Waals surface area contributed by atoms with Gasteiger partial charge >= 0.3 is 0 Å². The van der Waals surface area contributed by atoms with Crippen LogP contribution in [0.4, 0.5) is 5.69 Å². The second kappa shape index (κ2) is 8.89. The molecule has 0 atom stereocenters. The molecule has 0 aliphatic rings. The van der Waals surface area contributed by atoms with E-state index in [-0.39, 0.29) is 11.7 Å². The number of benzene rings is 2. The van der Waals surface area contributed by atoms with Crippen LogP contribution >= 0.6 is 23.4 Å². The first-order chi connectivity index (χ1) is 14.2. The van der Waals surface area contributed by atoms with Crippen molar-refractivity contribution in [3.8, 4) is 17.1 Å². The molecule has 2 aromatic carbocycles. The molecule has 4 rings (SSSR count). The predicted octanol–water partition coefficient (Wildman–Crippen LogP) is 4.71. The van der Waals surface area contributed by atoms with Gasteiger partial charge in [-0.2, -0.15) is 0 Å². The van der Waals surface area contributed by atoms with Gasteiger partial charge in [0.2, 0.25) is 5.91 Å². The smallest absolute Gasteiger partial charge is 0.234 e. The summed E-state index contributed by atoms with van der Waals surface area (Å²) in [6.45, 7) is 0. The lowest BCUT2D eigenvalue weighted by Crippen LogP contribution is -2.14. The minimum absolute atomic E-state index is 0.136. The maximum atomic E-state index is 12.4. The van der Waals surface area contributed by atoms with E-state index in [0.29, 0.717) is 21.7 Å². The Morgan fingerprint density at radius 3 is 2.52 bits per heavy atom. The Bertz CT molecular complexity index is 1100. The second-order valence-corrected chi connectivity index (χ2v) is 7.44. The summed E-state index contributed by atoms with van der Waals surface area (Å²) < 4.78 is 1.93. The minimum atomic E-state index is -0.136. The number of pyridine rings is 1. The largest absolute Gasteiger partial charge is 0.325 e. The van der Waals surface area contributed by atoms with Crippen LogP contribution in [0, 0.1) is 0 Å². The van der Waals surface area contributed by atoms with E-state index in [1.54, 1.807) is 36.7 Å². The van der Waals surface area contributed by atoms with E-state index in [1.807, 2.05) is 47.0 Å². The summed E-state index contributed by atoms with van der Waals surface area (Å²) in [7, 11) is 0. The molecular weight excluding hydrogens is 406 g/mol. The molecule has 1 N–H and O–H groups in total. The molecular formula is C21H16ClN5OS. The van der Waals surface area contributed by atoms with Gasteiger partial charge in [-0.3, -0.25) is 14.3 Å². The van der Waals surface area contributed by atoms with Crippen LogP contribution in [-0.4, -0.2) is 31.4 Å². The Labute approximate surface area is 177 Å². The standard InChI is InChI=1S/C21H16ClN5OS/c22-16-8-10-17(11-9-16)24-19(28)14-29-21-26-25-20(15-5-4-12-23-13-15)27(21)18-6-2-1-3-7-18/h1-13H,14H2,(H,24,28). The highest BCUT2D eigenvalue weighted by Crippen LogP contribution is 2.27. The molecule has 2 aromatic heterocycles. The average Bonchev–Trinajstić information content (AvgIpc) is 3.19. The summed E-state index contributed by atoms with van der Waals surface area (Å²) in [4.78, 5) is 16.5. The average molecular weight is 422 g/mol. The molecule has 0 aliphatic carbocycles. The van der Waals surface area contributed by atoms with Crippen molar-refractivity contribution in [1.82, 2.24) is 19.7 Å². The molecule has 0 aliphatic heterocycles. The van der Waals surface area contributed by atoms with Crippen LogP contribution in [0.2, 0.25) is 5.02 Å². The van der Waals surface area contributed by atoms with Gasteiger partial charge in [-0.15, -0.1) is 10.2 Å². The van der Waals surface area contributed by atoms with Crippen molar-refractivity contribution in [3.05, 3.63) is 84.1 Å². The molecule has 2 heterocycles. The normalized spacial score (nSPS) is 10.7. The number of hydrogen-bond acceptors (Lipinski definition) is 5.